The van der Waals surface area contributed by atoms with Crippen LogP contribution >= 0.6 is 11.6 Å². The molecule has 1 heterocycles. The predicted molar refractivity (Wildman–Crippen MR) is 126 cm³/mol. The molecule has 0 fully saturated rings. The highest BCUT2D eigenvalue weighted by atomic mass is 35.5. The van der Waals surface area contributed by atoms with Crippen LogP contribution in [0, 0.1) is 24.1 Å². The second-order valence-corrected chi connectivity index (χ2v) is 7.76. The quantitative estimate of drug-likeness (QED) is 0.289. The lowest BCUT2D eigenvalue weighted by Crippen LogP contribution is -2.13. The van der Waals surface area contributed by atoms with Crippen LogP contribution in [0.5, 0.6) is 0 Å². The number of rotatable bonds is 5. The van der Waals surface area contributed by atoms with Crippen LogP contribution in [0.2, 0.25) is 5.02 Å². The van der Waals surface area contributed by atoms with Crippen molar-refractivity contribution in [3.63, 3.8) is 0 Å². The van der Waals surface area contributed by atoms with Gasteiger partial charge in [0.2, 0.25) is 0 Å². The molecule has 0 aliphatic rings. The molecule has 1 amide bonds. The number of fused-ring (bicyclic) bond motifs is 1. The number of hydrogen-bond donors (Lipinski definition) is 1. The molecule has 4 rings (SSSR count). The Morgan fingerprint density at radius 1 is 1.12 bits per heavy atom. The van der Waals surface area contributed by atoms with E-state index in [0.29, 0.717) is 22.8 Å². The van der Waals surface area contributed by atoms with Crippen LogP contribution < -0.4 is 5.32 Å². The molecule has 0 aliphatic heterocycles. The van der Waals surface area contributed by atoms with Crippen molar-refractivity contribution in [2.45, 2.75) is 13.5 Å². The summed E-state index contributed by atoms with van der Waals surface area (Å²) < 4.78 is 16.3. The Kier molecular flexibility index (Phi) is 6.07. The minimum absolute atomic E-state index is 0.0399. The van der Waals surface area contributed by atoms with Crippen molar-refractivity contribution in [3.8, 4) is 6.07 Å². The second kappa shape index (κ2) is 9.09. The summed E-state index contributed by atoms with van der Waals surface area (Å²) in [6.07, 6.45) is 1.58. The predicted octanol–water partition coefficient (Wildman–Crippen LogP) is 6.34. The van der Waals surface area contributed by atoms with E-state index in [2.05, 4.69) is 5.32 Å². The number of nitrogens with zero attached hydrogens (tertiary/aromatic N) is 2. The van der Waals surface area contributed by atoms with Crippen molar-refractivity contribution in [2.75, 3.05) is 5.32 Å². The topological polar surface area (TPSA) is 57.8 Å². The second-order valence-electron chi connectivity index (χ2n) is 7.33. The summed E-state index contributed by atoms with van der Waals surface area (Å²) in [7, 11) is 0. The molecule has 0 unspecified atom stereocenters. The highest BCUT2D eigenvalue weighted by molar-refractivity contribution is 6.31. The molecular formula is C26H19ClFN3O. The lowest BCUT2D eigenvalue weighted by molar-refractivity contribution is -0.112. The standard InChI is InChI=1S/C26H19ClFN3O/c1-17-23(13-19(15-29)26(32)30-21-9-6-8-20(27)14-21)22-10-3-5-12-25(22)31(17)16-18-7-2-4-11-24(18)28/h2-14H,16H2,1H3,(H,30,32)/b19-13+. The summed E-state index contributed by atoms with van der Waals surface area (Å²) in [6.45, 7) is 2.24. The first-order valence-corrected chi connectivity index (χ1v) is 10.4. The van der Waals surface area contributed by atoms with Gasteiger partial charge in [-0.25, -0.2) is 4.39 Å². The molecule has 0 aliphatic carbocycles. The number of anilines is 1. The van der Waals surface area contributed by atoms with Crippen molar-refractivity contribution >= 4 is 40.2 Å². The van der Waals surface area contributed by atoms with Crippen LogP contribution in [-0.2, 0) is 11.3 Å². The molecule has 0 saturated heterocycles. The zero-order valence-electron chi connectivity index (χ0n) is 17.3. The van der Waals surface area contributed by atoms with Crippen LogP contribution in [0.15, 0.2) is 78.4 Å². The van der Waals surface area contributed by atoms with Crippen LogP contribution in [0.25, 0.3) is 17.0 Å². The van der Waals surface area contributed by atoms with Gasteiger partial charge in [0, 0.05) is 38.4 Å². The molecule has 0 atom stereocenters. The lowest BCUT2D eigenvalue weighted by Gasteiger charge is -2.09. The SMILES string of the molecule is Cc1c(/C=C(\C#N)C(=O)Nc2cccc(Cl)c2)c2ccccc2n1Cc1ccccc1F. The Bertz CT molecular complexity index is 1400. The van der Waals surface area contributed by atoms with E-state index in [0.717, 1.165) is 22.2 Å². The van der Waals surface area contributed by atoms with Gasteiger partial charge < -0.3 is 9.88 Å². The Hall–Kier alpha value is -3.88. The fourth-order valence-corrected chi connectivity index (χ4v) is 3.89. The van der Waals surface area contributed by atoms with E-state index < -0.39 is 5.91 Å². The fourth-order valence-electron chi connectivity index (χ4n) is 3.70. The average Bonchev–Trinajstić information content (AvgIpc) is 3.04. The molecule has 158 valence electrons. The molecule has 3 aromatic carbocycles. The van der Waals surface area contributed by atoms with E-state index in [1.54, 1.807) is 48.5 Å². The monoisotopic (exact) mass is 443 g/mol. The van der Waals surface area contributed by atoms with E-state index in [-0.39, 0.29) is 11.4 Å². The van der Waals surface area contributed by atoms with E-state index in [1.807, 2.05) is 41.8 Å². The molecule has 6 heteroatoms. The molecule has 0 radical (unpaired) electrons. The largest absolute Gasteiger partial charge is 0.340 e. The maximum Gasteiger partial charge on any atom is 0.266 e. The number of nitrogens with one attached hydrogen (secondary N) is 1. The number of carbonyl (C=O) groups is 1. The van der Waals surface area contributed by atoms with Gasteiger partial charge in [-0.05, 0) is 43.3 Å². The van der Waals surface area contributed by atoms with Crippen molar-refractivity contribution in [3.05, 3.63) is 106 Å². The molecule has 1 aromatic heterocycles. The van der Waals surface area contributed by atoms with Crippen molar-refractivity contribution in [2.24, 2.45) is 0 Å². The van der Waals surface area contributed by atoms with Gasteiger partial charge in [0.25, 0.3) is 5.91 Å². The highest BCUT2D eigenvalue weighted by Crippen LogP contribution is 2.29. The van der Waals surface area contributed by atoms with E-state index >= 15 is 0 Å². The lowest BCUT2D eigenvalue weighted by atomic mass is 10.1. The summed E-state index contributed by atoms with van der Waals surface area (Å²) in [5.74, 6) is -0.805. The number of para-hydroxylation sites is 1. The number of halogens is 2. The molecule has 1 N–H and O–H groups in total. The van der Waals surface area contributed by atoms with Crippen LogP contribution in [-0.4, -0.2) is 10.5 Å². The number of aromatic nitrogens is 1. The summed E-state index contributed by atoms with van der Waals surface area (Å²) >= 11 is 5.98. The van der Waals surface area contributed by atoms with E-state index in [1.165, 1.54) is 6.07 Å². The van der Waals surface area contributed by atoms with E-state index in [4.69, 9.17) is 11.6 Å². The molecule has 4 nitrogen and oxygen atoms in total. The zero-order valence-corrected chi connectivity index (χ0v) is 18.0. The summed E-state index contributed by atoms with van der Waals surface area (Å²) in [6, 6.07) is 23.0. The number of hydrogen-bond acceptors (Lipinski definition) is 2. The maximum atomic E-state index is 14.3. The summed E-state index contributed by atoms with van der Waals surface area (Å²) in [5, 5.41) is 13.7. The number of carbonyl (C=O) groups excluding carboxylic acids is 1. The van der Waals surface area contributed by atoms with Gasteiger partial charge in [0.1, 0.15) is 17.5 Å². The molecule has 0 bridgehead atoms. The van der Waals surface area contributed by atoms with Crippen LogP contribution in [0.3, 0.4) is 0 Å². The fraction of sp³-hybridized carbons (Fsp3) is 0.0769. The summed E-state index contributed by atoms with van der Waals surface area (Å²) in [5.41, 5.74) is 3.50. The van der Waals surface area contributed by atoms with Gasteiger partial charge in [-0.2, -0.15) is 5.26 Å². The van der Waals surface area contributed by atoms with Gasteiger partial charge in [-0.15, -0.1) is 0 Å². The third-order valence-electron chi connectivity index (χ3n) is 5.30. The third-order valence-corrected chi connectivity index (χ3v) is 5.54. The average molecular weight is 444 g/mol. The van der Waals surface area contributed by atoms with Crippen molar-refractivity contribution in [1.29, 1.82) is 5.26 Å². The van der Waals surface area contributed by atoms with Crippen LogP contribution in [0.1, 0.15) is 16.8 Å². The number of nitriles is 1. The third kappa shape index (κ3) is 4.27. The van der Waals surface area contributed by atoms with Gasteiger partial charge in [0.15, 0.2) is 0 Å². The minimum Gasteiger partial charge on any atom is -0.340 e. The molecule has 32 heavy (non-hydrogen) atoms. The molecular weight excluding hydrogens is 425 g/mol. The number of amides is 1. The Morgan fingerprint density at radius 3 is 2.62 bits per heavy atom. The van der Waals surface area contributed by atoms with Gasteiger partial charge in [-0.1, -0.05) is 54.1 Å². The highest BCUT2D eigenvalue weighted by Gasteiger charge is 2.17. The Morgan fingerprint density at radius 2 is 1.88 bits per heavy atom. The summed E-state index contributed by atoms with van der Waals surface area (Å²) in [4.78, 5) is 12.7. The Balaban J connectivity index is 1.76. The molecule has 4 aromatic rings. The zero-order chi connectivity index (χ0) is 22.7. The maximum absolute atomic E-state index is 14.3. The first-order valence-electron chi connectivity index (χ1n) is 9.98. The van der Waals surface area contributed by atoms with E-state index in [9.17, 15) is 14.4 Å². The number of benzene rings is 3. The van der Waals surface area contributed by atoms with Gasteiger partial charge >= 0.3 is 0 Å². The first-order chi connectivity index (χ1) is 15.5. The molecule has 0 saturated carbocycles. The normalized spacial score (nSPS) is 11.4. The molecule has 0 spiro atoms. The van der Waals surface area contributed by atoms with Crippen molar-refractivity contribution in [1.82, 2.24) is 4.57 Å². The Labute approximate surface area is 190 Å². The smallest absolute Gasteiger partial charge is 0.266 e. The van der Waals surface area contributed by atoms with Crippen LogP contribution in [0.4, 0.5) is 10.1 Å². The minimum atomic E-state index is -0.528. The van der Waals surface area contributed by atoms with Gasteiger partial charge in [-0.3, -0.25) is 4.79 Å². The first kappa shape index (κ1) is 21.4. The van der Waals surface area contributed by atoms with Crippen molar-refractivity contribution < 1.29 is 9.18 Å². The van der Waals surface area contributed by atoms with Gasteiger partial charge in [0.05, 0.1) is 6.54 Å².